The first kappa shape index (κ1) is 26.3. The van der Waals surface area contributed by atoms with Crippen LogP contribution in [0, 0.1) is 18.3 Å². The summed E-state index contributed by atoms with van der Waals surface area (Å²) in [5, 5.41) is 2.78. The Balaban J connectivity index is 1.71. The third kappa shape index (κ3) is 8.45. The smallest absolute Gasteiger partial charge is 0.412 e. The number of piperidine rings is 1. The fourth-order valence-corrected chi connectivity index (χ4v) is 4.50. The zero-order valence-electron chi connectivity index (χ0n) is 21.2. The molecule has 0 spiro atoms. The molecule has 186 valence electrons. The lowest BCUT2D eigenvalue weighted by atomic mass is 9.83. The standard InChI is InChI=1S/C29H36N2O4/c1-6-21-8-10-22(11-9-21)18-31-19-23(17-27(32)34-7-2)16-25(20-31)24-12-14-26(15-13-24)30-28(33)35-29(3,4)5/h1,8-15,23,25H,7,16-20H2,2-5H3,(H,30,33)/t23-,25+/m1/s1. The monoisotopic (exact) mass is 476 g/mol. The van der Waals surface area contributed by atoms with E-state index < -0.39 is 11.7 Å². The molecule has 0 aromatic heterocycles. The number of terminal acetylenes is 1. The number of nitrogens with one attached hydrogen (secondary N) is 1. The molecule has 1 heterocycles. The molecular formula is C29H36N2O4. The van der Waals surface area contributed by atoms with Gasteiger partial charge in [0, 0.05) is 37.3 Å². The van der Waals surface area contributed by atoms with Gasteiger partial charge in [-0.25, -0.2) is 4.79 Å². The summed E-state index contributed by atoms with van der Waals surface area (Å²) in [5.41, 5.74) is 3.38. The van der Waals surface area contributed by atoms with E-state index in [4.69, 9.17) is 15.9 Å². The number of nitrogens with zero attached hydrogens (tertiary/aromatic N) is 1. The van der Waals surface area contributed by atoms with Crippen molar-refractivity contribution in [3.8, 4) is 12.3 Å². The second-order valence-corrected chi connectivity index (χ2v) is 10.1. The van der Waals surface area contributed by atoms with Crippen molar-refractivity contribution in [1.82, 2.24) is 4.90 Å². The van der Waals surface area contributed by atoms with Gasteiger partial charge in [0.05, 0.1) is 6.61 Å². The first-order valence-electron chi connectivity index (χ1n) is 12.2. The van der Waals surface area contributed by atoms with E-state index in [9.17, 15) is 9.59 Å². The molecule has 6 heteroatoms. The Kier molecular flexibility index (Phi) is 8.95. The van der Waals surface area contributed by atoms with Gasteiger partial charge in [0.1, 0.15) is 5.60 Å². The van der Waals surface area contributed by atoms with Crippen LogP contribution in [0.3, 0.4) is 0 Å². The summed E-state index contributed by atoms with van der Waals surface area (Å²) in [6, 6.07) is 15.9. The minimum absolute atomic E-state index is 0.145. The van der Waals surface area contributed by atoms with Crippen LogP contribution in [0.1, 0.15) is 63.1 Å². The number of benzene rings is 2. The Hall–Kier alpha value is -3.30. The molecule has 1 saturated heterocycles. The zero-order valence-corrected chi connectivity index (χ0v) is 21.2. The second kappa shape index (κ2) is 11.9. The Morgan fingerprint density at radius 2 is 1.77 bits per heavy atom. The van der Waals surface area contributed by atoms with Crippen molar-refractivity contribution in [1.29, 1.82) is 0 Å². The van der Waals surface area contributed by atoms with Gasteiger partial charge in [-0.3, -0.25) is 15.0 Å². The molecule has 35 heavy (non-hydrogen) atoms. The normalized spacial score (nSPS) is 18.4. The van der Waals surface area contributed by atoms with Gasteiger partial charge >= 0.3 is 12.1 Å². The molecule has 1 aliphatic rings. The van der Waals surface area contributed by atoms with E-state index in [1.54, 1.807) is 0 Å². The second-order valence-electron chi connectivity index (χ2n) is 10.1. The Morgan fingerprint density at radius 1 is 1.09 bits per heavy atom. The fraction of sp³-hybridized carbons (Fsp3) is 0.448. The van der Waals surface area contributed by atoms with Crippen LogP contribution in [-0.4, -0.2) is 42.3 Å². The maximum Gasteiger partial charge on any atom is 0.412 e. The molecule has 2 aromatic rings. The molecule has 0 bridgehead atoms. The molecule has 1 N–H and O–H groups in total. The molecule has 6 nitrogen and oxygen atoms in total. The topological polar surface area (TPSA) is 67.9 Å². The zero-order chi connectivity index (χ0) is 25.4. The van der Waals surface area contributed by atoms with Crippen LogP contribution in [0.5, 0.6) is 0 Å². The molecule has 0 saturated carbocycles. The largest absolute Gasteiger partial charge is 0.466 e. The van der Waals surface area contributed by atoms with Gasteiger partial charge in [0.2, 0.25) is 0 Å². The number of hydrogen-bond acceptors (Lipinski definition) is 5. The van der Waals surface area contributed by atoms with Crippen LogP contribution in [0.2, 0.25) is 0 Å². The lowest BCUT2D eigenvalue weighted by molar-refractivity contribution is -0.144. The third-order valence-corrected chi connectivity index (χ3v) is 5.93. The summed E-state index contributed by atoms with van der Waals surface area (Å²) in [6.45, 7) is 10.2. The van der Waals surface area contributed by atoms with Gasteiger partial charge in [0.15, 0.2) is 0 Å². The summed E-state index contributed by atoms with van der Waals surface area (Å²) >= 11 is 0. The number of esters is 1. The number of carbonyl (C=O) groups is 2. The molecule has 1 fully saturated rings. The summed E-state index contributed by atoms with van der Waals surface area (Å²) in [7, 11) is 0. The predicted octanol–water partition coefficient (Wildman–Crippen LogP) is 5.57. The van der Waals surface area contributed by atoms with Crippen molar-refractivity contribution in [3.63, 3.8) is 0 Å². The molecule has 3 rings (SSSR count). The average Bonchev–Trinajstić information content (AvgIpc) is 2.79. The number of amides is 1. The highest BCUT2D eigenvalue weighted by Gasteiger charge is 2.30. The van der Waals surface area contributed by atoms with E-state index in [1.165, 1.54) is 11.1 Å². The third-order valence-electron chi connectivity index (χ3n) is 5.93. The molecule has 2 aromatic carbocycles. The molecular weight excluding hydrogens is 440 g/mol. The maximum atomic E-state index is 12.2. The van der Waals surface area contributed by atoms with Crippen molar-refractivity contribution in [2.75, 3.05) is 25.0 Å². The number of carbonyl (C=O) groups excluding carboxylic acids is 2. The van der Waals surface area contributed by atoms with Crippen LogP contribution in [0.15, 0.2) is 48.5 Å². The maximum absolute atomic E-state index is 12.2. The molecule has 2 atom stereocenters. The summed E-state index contributed by atoms with van der Waals surface area (Å²) in [5.74, 6) is 2.98. The van der Waals surface area contributed by atoms with Crippen LogP contribution in [0.4, 0.5) is 10.5 Å². The minimum Gasteiger partial charge on any atom is -0.466 e. The SMILES string of the molecule is C#Cc1ccc(CN2C[C@@H](CC(=O)OCC)C[C@H](c3ccc(NC(=O)OC(C)(C)C)cc3)C2)cc1. The van der Waals surface area contributed by atoms with Crippen molar-refractivity contribution in [2.45, 2.75) is 58.6 Å². The lowest BCUT2D eigenvalue weighted by Gasteiger charge is -2.38. The highest BCUT2D eigenvalue weighted by Crippen LogP contribution is 2.33. The van der Waals surface area contributed by atoms with E-state index in [0.29, 0.717) is 18.7 Å². The number of likely N-dealkylation sites (tertiary alicyclic amines) is 1. The van der Waals surface area contributed by atoms with Crippen LogP contribution < -0.4 is 5.32 Å². The molecule has 1 aliphatic heterocycles. The number of rotatable bonds is 7. The highest BCUT2D eigenvalue weighted by atomic mass is 16.6. The van der Waals surface area contributed by atoms with Crippen molar-refractivity contribution < 1.29 is 19.1 Å². The summed E-state index contributed by atoms with van der Waals surface area (Å²) in [6.07, 6.45) is 6.33. The first-order valence-corrected chi connectivity index (χ1v) is 12.2. The van der Waals surface area contributed by atoms with Gasteiger partial charge in [-0.1, -0.05) is 30.2 Å². The Bertz CT molecular complexity index is 1030. The van der Waals surface area contributed by atoms with Crippen LogP contribution >= 0.6 is 0 Å². The summed E-state index contributed by atoms with van der Waals surface area (Å²) < 4.78 is 10.6. The van der Waals surface area contributed by atoms with E-state index in [2.05, 4.69) is 28.3 Å². The van der Waals surface area contributed by atoms with Gasteiger partial charge in [0.25, 0.3) is 0 Å². The van der Waals surface area contributed by atoms with E-state index in [1.807, 2.05) is 64.1 Å². The molecule has 0 aliphatic carbocycles. The van der Waals surface area contributed by atoms with Crippen molar-refractivity contribution in [2.24, 2.45) is 5.92 Å². The Morgan fingerprint density at radius 3 is 2.37 bits per heavy atom. The molecule has 0 unspecified atom stereocenters. The number of anilines is 1. The Labute approximate surface area is 209 Å². The van der Waals surface area contributed by atoms with Gasteiger partial charge in [-0.05, 0) is 81.3 Å². The quantitative estimate of drug-likeness (QED) is 0.418. The predicted molar refractivity (Wildman–Crippen MR) is 138 cm³/mol. The highest BCUT2D eigenvalue weighted by molar-refractivity contribution is 5.84. The van der Waals surface area contributed by atoms with Crippen LogP contribution in [0.25, 0.3) is 0 Å². The summed E-state index contributed by atoms with van der Waals surface area (Å²) in [4.78, 5) is 26.7. The van der Waals surface area contributed by atoms with Gasteiger partial charge in [-0.2, -0.15) is 0 Å². The van der Waals surface area contributed by atoms with E-state index in [-0.39, 0.29) is 17.8 Å². The first-order chi connectivity index (χ1) is 16.6. The van der Waals surface area contributed by atoms with E-state index in [0.717, 1.165) is 31.6 Å². The van der Waals surface area contributed by atoms with Crippen molar-refractivity contribution >= 4 is 17.7 Å². The number of hydrogen-bond donors (Lipinski definition) is 1. The number of ether oxygens (including phenoxy) is 2. The fourth-order valence-electron chi connectivity index (χ4n) is 4.50. The van der Waals surface area contributed by atoms with E-state index >= 15 is 0 Å². The van der Waals surface area contributed by atoms with Gasteiger partial charge in [-0.15, -0.1) is 6.42 Å². The lowest BCUT2D eigenvalue weighted by Crippen LogP contribution is -2.40. The van der Waals surface area contributed by atoms with Crippen LogP contribution in [-0.2, 0) is 20.8 Å². The average molecular weight is 477 g/mol. The molecule has 0 radical (unpaired) electrons. The molecule has 1 amide bonds. The van der Waals surface area contributed by atoms with Gasteiger partial charge < -0.3 is 9.47 Å². The van der Waals surface area contributed by atoms with Crippen molar-refractivity contribution in [3.05, 3.63) is 65.2 Å². The minimum atomic E-state index is -0.551.